The van der Waals surface area contributed by atoms with Crippen LogP contribution in [0.4, 0.5) is 0 Å². The number of hydrogen-bond donors (Lipinski definition) is 0. The number of carbonyl (C=O) groups is 1. The fraction of sp³-hybridized carbons (Fsp3) is 0.250. The molecule has 0 radical (unpaired) electrons. The number of unbranched alkanes of at least 4 members (excludes halogenated alkanes) is 2. The highest BCUT2D eigenvalue weighted by atomic mass is 35.5. The van der Waals surface area contributed by atoms with Crippen LogP contribution < -0.4 is 0 Å². The summed E-state index contributed by atoms with van der Waals surface area (Å²) < 4.78 is 2.20. The average Bonchev–Trinajstić information content (AvgIpc) is 2.93. The number of para-hydroxylation sites is 1. The number of fused-ring (bicyclic) bond motifs is 1. The topological polar surface area (TPSA) is 22.0 Å². The highest BCUT2D eigenvalue weighted by molar-refractivity contribution is 6.31. The van der Waals surface area contributed by atoms with Crippen molar-refractivity contribution < 1.29 is 4.79 Å². The molecule has 3 heteroatoms. The molecule has 0 spiro atoms. The SMILES string of the molecule is CCCCCn1cc(C(=O)c2cccc(Cl)c2)c2ccccc21. The maximum absolute atomic E-state index is 12.9. The van der Waals surface area contributed by atoms with Crippen LogP contribution in [-0.2, 0) is 6.54 Å². The second kappa shape index (κ2) is 7.01. The van der Waals surface area contributed by atoms with Crippen molar-refractivity contribution in [2.45, 2.75) is 32.7 Å². The Bertz CT molecular complexity index is 835. The van der Waals surface area contributed by atoms with Gasteiger partial charge in [-0.05, 0) is 24.6 Å². The molecule has 0 bridgehead atoms. The van der Waals surface area contributed by atoms with E-state index in [2.05, 4.69) is 17.6 Å². The lowest BCUT2D eigenvalue weighted by atomic mass is 10.0. The van der Waals surface area contributed by atoms with E-state index in [1.807, 2.05) is 36.5 Å². The van der Waals surface area contributed by atoms with E-state index in [1.165, 1.54) is 12.8 Å². The molecule has 23 heavy (non-hydrogen) atoms. The molecule has 0 fully saturated rings. The number of nitrogens with zero attached hydrogens (tertiary/aromatic N) is 1. The molecule has 118 valence electrons. The Hall–Kier alpha value is -2.06. The average molecular weight is 326 g/mol. The fourth-order valence-electron chi connectivity index (χ4n) is 2.93. The van der Waals surface area contributed by atoms with Crippen LogP contribution in [0.2, 0.25) is 5.02 Å². The van der Waals surface area contributed by atoms with Gasteiger partial charge >= 0.3 is 0 Å². The van der Waals surface area contributed by atoms with Crippen LogP contribution in [0.25, 0.3) is 10.9 Å². The molecule has 0 aliphatic carbocycles. The zero-order valence-corrected chi connectivity index (χ0v) is 14.0. The van der Waals surface area contributed by atoms with Crippen molar-refractivity contribution in [3.8, 4) is 0 Å². The first-order valence-corrected chi connectivity index (χ1v) is 8.46. The lowest BCUT2D eigenvalue weighted by Crippen LogP contribution is -2.01. The van der Waals surface area contributed by atoms with Crippen molar-refractivity contribution in [2.75, 3.05) is 0 Å². The molecule has 3 rings (SSSR count). The Labute approximate surface area is 141 Å². The molecule has 0 atom stereocenters. The maximum atomic E-state index is 12.9. The van der Waals surface area contributed by atoms with Gasteiger partial charge in [0.1, 0.15) is 0 Å². The smallest absolute Gasteiger partial charge is 0.195 e. The Kier molecular flexibility index (Phi) is 4.82. The van der Waals surface area contributed by atoms with Crippen molar-refractivity contribution in [1.82, 2.24) is 4.57 Å². The molecule has 1 heterocycles. The molecule has 2 nitrogen and oxygen atoms in total. The van der Waals surface area contributed by atoms with E-state index in [0.29, 0.717) is 10.6 Å². The number of rotatable bonds is 6. The third kappa shape index (κ3) is 3.32. The summed E-state index contributed by atoms with van der Waals surface area (Å²) in [7, 11) is 0. The molecule has 2 aromatic carbocycles. The van der Waals surface area contributed by atoms with Crippen LogP contribution in [0.3, 0.4) is 0 Å². The monoisotopic (exact) mass is 325 g/mol. The van der Waals surface area contributed by atoms with E-state index in [0.717, 1.165) is 29.4 Å². The Morgan fingerprint density at radius 3 is 2.70 bits per heavy atom. The predicted molar refractivity (Wildman–Crippen MR) is 96.3 cm³/mol. The third-order valence-corrected chi connectivity index (χ3v) is 4.36. The van der Waals surface area contributed by atoms with Crippen molar-refractivity contribution in [3.63, 3.8) is 0 Å². The molecule has 0 unspecified atom stereocenters. The van der Waals surface area contributed by atoms with Crippen LogP contribution in [-0.4, -0.2) is 10.4 Å². The zero-order chi connectivity index (χ0) is 16.2. The first-order valence-electron chi connectivity index (χ1n) is 8.09. The molecule has 0 amide bonds. The minimum absolute atomic E-state index is 0.0259. The molecular formula is C20H20ClNO. The Morgan fingerprint density at radius 2 is 1.91 bits per heavy atom. The Balaban J connectivity index is 2.02. The molecule has 0 aliphatic rings. The van der Waals surface area contributed by atoms with Crippen molar-refractivity contribution in [3.05, 3.63) is 70.9 Å². The van der Waals surface area contributed by atoms with Gasteiger partial charge in [-0.2, -0.15) is 0 Å². The first kappa shape index (κ1) is 15.8. The minimum Gasteiger partial charge on any atom is -0.347 e. The number of ketones is 1. The number of carbonyl (C=O) groups excluding carboxylic acids is 1. The summed E-state index contributed by atoms with van der Waals surface area (Å²) in [4.78, 5) is 12.9. The predicted octanol–water partition coefficient (Wildman–Crippen LogP) is 5.72. The number of halogens is 1. The summed E-state index contributed by atoms with van der Waals surface area (Å²) >= 11 is 6.03. The van der Waals surface area contributed by atoms with Gasteiger partial charge < -0.3 is 4.57 Å². The van der Waals surface area contributed by atoms with Crippen molar-refractivity contribution >= 4 is 28.3 Å². The highest BCUT2D eigenvalue weighted by Gasteiger charge is 2.16. The van der Waals surface area contributed by atoms with Crippen LogP contribution in [0, 0.1) is 0 Å². The molecule has 3 aromatic rings. The normalized spacial score (nSPS) is 11.0. The van der Waals surface area contributed by atoms with E-state index in [1.54, 1.807) is 12.1 Å². The van der Waals surface area contributed by atoms with Crippen LogP contribution in [0.15, 0.2) is 54.7 Å². The van der Waals surface area contributed by atoms with Crippen LogP contribution in [0.5, 0.6) is 0 Å². The lowest BCUT2D eigenvalue weighted by molar-refractivity contribution is 0.104. The van der Waals surface area contributed by atoms with E-state index >= 15 is 0 Å². The van der Waals surface area contributed by atoms with Crippen LogP contribution >= 0.6 is 11.6 Å². The number of hydrogen-bond acceptors (Lipinski definition) is 1. The maximum Gasteiger partial charge on any atom is 0.195 e. The van der Waals surface area contributed by atoms with Gasteiger partial charge in [0.05, 0.1) is 0 Å². The second-order valence-corrected chi connectivity index (χ2v) is 6.24. The number of aromatic nitrogens is 1. The largest absolute Gasteiger partial charge is 0.347 e. The number of aryl methyl sites for hydroxylation is 1. The van der Waals surface area contributed by atoms with Crippen molar-refractivity contribution in [1.29, 1.82) is 0 Å². The fourth-order valence-corrected chi connectivity index (χ4v) is 3.12. The summed E-state index contributed by atoms with van der Waals surface area (Å²) in [6.45, 7) is 3.14. The minimum atomic E-state index is 0.0259. The second-order valence-electron chi connectivity index (χ2n) is 5.80. The summed E-state index contributed by atoms with van der Waals surface area (Å²) in [5.41, 5.74) is 2.50. The quantitative estimate of drug-likeness (QED) is 0.420. The summed E-state index contributed by atoms with van der Waals surface area (Å²) in [5.74, 6) is 0.0259. The van der Waals surface area contributed by atoms with Gasteiger partial charge in [-0.15, -0.1) is 0 Å². The van der Waals surface area contributed by atoms with Gasteiger partial charge in [0.15, 0.2) is 5.78 Å². The lowest BCUT2D eigenvalue weighted by Gasteiger charge is -2.03. The van der Waals surface area contributed by atoms with E-state index in [4.69, 9.17) is 11.6 Å². The molecule has 0 N–H and O–H groups in total. The van der Waals surface area contributed by atoms with Gasteiger partial charge in [0.2, 0.25) is 0 Å². The summed E-state index contributed by atoms with van der Waals surface area (Å²) in [5, 5.41) is 1.59. The van der Waals surface area contributed by atoms with Gasteiger partial charge in [0, 0.05) is 39.8 Å². The molecule has 0 aliphatic heterocycles. The van der Waals surface area contributed by atoms with Gasteiger partial charge in [-0.25, -0.2) is 0 Å². The Morgan fingerprint density at radius 1 is 1.09 bits per heavy atom. The third-order valence-electron chi connectivity index (χ3n) is 4.12. The molecule has 0 saturated heterocycles. The number of benzene rings is 2. The van der Waals surface area contributed by atoms with Gasteiger partial charge in [-0.1, -0.05) is 61.7 Å². The van der Waals surface area contributed by atoms with E-state index in [9.17, 15) is 4.79 Å². The van der Waals surface area contributed by atoms with Gasteiger partial charge in [-0.3, -0.25) is 4.79 Å². The standard InChI is InChI=1S/C20H20ClNO/c1-2-3-6-12-22-14-18(17-10-4-5-11-19(17)22)20(23)15-8-7-9-16(21)13-15/h4-5,7-11,13-14H,2-3,6,12H2,1H3. The first-order chi connectivity index (χ1) is 11.2. The van der Waals surface area contributed by atoms with E-state index in [-0.39, 0.29) is 5.78 Å². The van der Waals surface area contributed by atoms with E-state index < -0.39 is 0 Å². The molecule has 1 aromatic heterocycles. The molecular weight excluding hydrogens is 306 g/mol. The summed E-state index contributed by atoms with van der Waals surface area (Å²) in [6.07, 6.45) is 5.50. The summed E-state index contributed by atoms with van der Waals surface area (Å²) in [6, 6.07) is 15.2. The highest BCUT2D eigenvalue weighted by Crippen LogP contribution is 2.25. The van der Waals surface area contributed by atoms with Crippen LogP contribution in [0.1, 0.15) is 42.1 Å². The zero-order valence-electron chi connectivity index (χ0n) is 13.3. The van der Waals surface area contributed by atoms with Crippen molar-refractivity contribution in [2.24, 2.45) is 0 Å². The van der Waals surface area contributed by atoms with Gasteiger partial charge in [0.25, 0.3) is 0 Å². The molecule has 0 saturated carbocycles.